The number of aromatic nitrogens is 1. The molecule has 0 saturated heterocycles. The second-order valence-corrected chi connectivity index (χ2v) is 5.29. The monoisotopic (exact) mass is 205 g/mol. The van der Waals surface area contributed by atoms with Crippen molar-refractivity contribution in [1.82, 2.24) is 4.98 Å². The molecule has 0 unspecified atom stereocenters. The molecule has 0 spiro atoms. The summed E-state index contributed by atoms with van der Waals surface area (Å²) in [5, 5.41) is 0. The Morgan fingerprint density at radius 1 is 1.27 bits per heavy atom. The Labute approximate surface area is 91.7 Å². The molecular formula is C13H19NO. The Kier molecular flexibility index (Phi) is 3.28. The Bertz CT molecular complexity index is 375. The number of hydrogen-bond donors (Lipinski definition) is 0. The standard InChI is InChI=1S/C13H19NO/c1-9-7-14-8-11(10(9)2)12(15)6-13(3,4)5/h7-8H,6H2,1-5H3. The first-order valence-corrected chi connectivity index (χ1v) is 5.25. The van der Waals surface area contributed by atoms with Crippen molar-refractivity contribution in [3.63, 3.8) is 0 Å². The molecule has 0 fully saturated rings. The van der Waals surface area contributed by atoms with Crippen molar-refractivity contribution in [2.24, 2.45) is 5.41 Å². The third-order valence-corrected chi connectivity index (χ3v) is 2.46. The molecule has 0 aromatic carbocycles. The smallest absolute Gasteiger partial charge is 0.165 e. The van der Waals surface area contributed by atoms with Crippen LogP contribution in [0.5, 0.6) is 0 Å². The van der Waals surface area contributed by atoms with E-state index in [1.165, 1.54) is 0 Å². The molecule has 1 heterocycles. The molecule has 0 aliphatic carbocycles. The molecule has 2 heteroatoms. The number of pyridine rings is 1. The second kappa shape index (κ2) is 4.13. The molecule has 1 aromatic heterocycles. The molecule has 0 atom stereocenters. The fourth-order valence-electron chi connectivity index (χ4n) is 1.49. The van der Waals surface area contributed by atoms with Crippen molar-refractivity contribution in [1.29, 1.82) is 0 Å². The lowest BCUT2D eigenvalue weighted by Gasteiger charge is -2.17. The van der Waals surface area contributed by atoms with E-state index in [4.69, 9.17) is 0 Å². The normalized spacial score (nSPS) is 11.5. The Balaban J connectivity index is 2.97. The summed E-state index contributed by atoms with van der Waals surface area (Å²) in [6.07, 6.45) is 4.04. The summed E-state index contributed by atoms with van der Waals surface area (Å²) < 4.78 is 0. The number of rotatable bonds is 2. The topological polar surface area (TPSA) is 30.0 Å². The fourth-order valence-corrected chi connectivity index (χ4v) is 1.49. The maximum Gasteiger partial charge on any atom is 0.165 e. The highest BCUT2D eigenvalue weighted by Crippen LogP contribution is 2.23. The minimum atomic E-state index is 0.0350. The summed E-state index contributed by atoms with van der Waals surface area (Å²) in [7, 11) is 0. The van der Waals surface area contributed by atoms with Gasteiger partial charge in [0, 0.05) is 24.4 Å². The van der Waals surface area contributed by atoms with Gasteiger partial charge in [-0.05, 0) is 30.4 Å². The summed E-state index contributed by atoms with van der Waals surface area (Å²) in [6, 6.07) is 0. The largest absolute Gasteiger partial charge is 0.294 e. The van der Waals surface area contributed by atoms with E-state index in [0.717, 1.165) is 16.7 Å². The number of aryl methyl sites for hydroxylation is 1. The van der Waals surface area contributed by atoms with Crippen LogP contribution in [0.4, 0.5) is 0 Å². The molecule has 0 radical (unpaired) electrons. The lowest BCUT2D eigenvalue weighted by Crippen LogP contribution is -2.14. The van der Waals surface area contributed by atoms with Crippen LogP contribution >= 0.6 is 0 Å². The van der Waals surface area contributed by atoms with E-state index in [-0.39, 0.29) is 11.2 Å². The van der Waals surface area contributed by atoms with Crippen LogP contribution in [-0.2, 0) is 0 Å². The van der Waals surface area contributed by atoms with Crippen molar-refractivity contribution in [3.05, 3.63) is 29.1 Å². The van der Waals surface area contributed by atoms with Crippen molar-refractivity contribution < 1.29 is 4.79 Å². The number of carbonyl (C=O) groups is 1. The molecule has 0 amide bonds. The van der Waals surface area contributed by atoms with E-state index in [1.54, 1.807) is 12.4 Å². The van der Waals surface area contributed by atoms with Gasteiger partial charge in [0.25, 0.3) is 0 Å². The van der Waals surface area contributed by atoms with Gasteiger partial charge >= 0.3 is 0 Å². The molecule has 1 rings (SSSR count). The molecule has 0 aliphatic heterocycles. The number of Topliss-reactive ketones (excluding diaryl/α,β-unsaturated/α-hetero) is 1. The minimum Gasteiger partial charge on any atom is -0.294 e. The number of carbonyl (C=O) groups excluding carboxylic acids is 1. The summed E-state index contributed by atoms with van der Waals surface area (Å²) in [4.78, 5) is 16.1. The van der Waals surface area contributed by atoms with E-state index in [1.807, 2.05) is 13.8 Å². The van der Waals surface area contributed by atoms with Gasteiger partial charge in [-0.1, -0.05) is 20.8 Å². The van der Waals surface area contributed by atoms with Crippen molar-refractivity contribution >= 4 is 5.78 Å². The number of hydrogen-bond acceptors (Lipinski definition) is 2. The second-order valence-electron chi connectivity index (χ2n) is 5.29. The third-order valence-electron chi connectivity index (χ3n) is 2.46. The average Bonchev–Trinajstić information content (AvgIpc) is 2.06. The van der Waals surface area contributed by atoms with Crippen LogP contribution in [0.2, 0.25) is 0 Å². The molecule has 0 saturated carbocycles. The molecule has 0 bridgehead atoms. The molecule has 82 valence electrons. The number of ketones is 1. The Hall–Kier alpha value is -1.18. The first kappa shape index (κ1) is 11.9. The van der Waals surface area contributed by atoms with Crippen LogP contribution in [0.15, 0.2) is 12.4 Å². The highest BCUT2D eigenvalue weighted by Gasteiger charge is 2.19. The number of nitrogens with zero attached hydrogens (tertiary/aromatic N) is 1. The zero-order valence-electron chi connectivity index (χ0n) is 10.2. The molecular weight excluding hydrogens is 186 g/mol. The van der Waals surface area contributed by atoms with Crippen molar-refractivity contribution in [3.8, 4) is 0 Å². The first-order chi connectivity index (χ1) is 6.81. The van der Waals surface area contributed by atoms with Gasteiger partial charge in [-0.3, -0.25) is 9.78 Å². The highest BCUT2D eigenvalue weighted by molar-refractivity contribution is 5.97. The zero-order valence-corrected chi connectivity index (χ0v) is 10.2. The summed E-state index contributed by atoms with van der Waals surface area (Å²) in [6.45, 7) is 10.2. The Morgan fingerprint density at radius 3 is 2.40 bits per heavy atom. The van der Waals surface area contributed by atoms with Crippen LogP contribution < -0.4 is 0 Å². The zero-order chi connectivity index (χ0) is 11.6. The molecule has 15 heavy (non-hydrogen) atoms. The van der Waals surface area contributed by atoms with Gasteiger partial charge in [0.1, 0.15) is 0 Å². The lowest BCUT2D eigenvalue weighted by molar-refractivity contribution is 0.0939. The van der Waals surface area contributed by atoms with Gasteiger partial charge in [-0.15, -0.1) is 0 Å². The van der Waals surface area contributed by atoms with E-state index in [9.17, 15) is 4.79 Å². The average molecular weight is 205 g/mol. The maximum absolute atomic E-state index is 12.0. The van der Waals surface area contributed by atoms with Crippen LogP contribution in [-0.4, -0.2) is 10.8 Å². The van der Waals surface area contributed by atoms with E-state index < -0.39 is 0 Å². The van der Waals surface area contributed by atoms with E-state index in [0.29, 0.717) is 6.42 Å². The van der Waals surface area contributed by atoms with Crippen LogP contribution in [0.1, 0.15) is 48.7 Å². The van der Waals surface area contributed by atoms with Crippen molar-refractivity contribution in [2.75, 3.05) is 0 Å². The van der Waals surface area contributed by atoms with Gasteiger partial charge in [-0.2, -0.15) is 0 Å². The van der Waals surface area contributed by atoms with Crippen LogP contribution in [0.25, 0.3) is 0 Å². The van der Waals surface area contributed by atoms with Gasteiger partial charge in [0.2, 0.25) is 0 Å². The summed E-state index contributed by atoms with van der Waals surface area (Å²) >= 11 is 0. The van der Waals surface area contributed by atoms with Gasteiger partial charge in [-0.25, -0.2) is 0 Å². The van der Waals surface area contributed by atoms with Crippen LogP contribution in [0.3, 0.4) is 0 Å². The van der Waals surface area contributed by atoms with E-state index in [2.05, 4.69) is 25.8 Å². The molecule has 0 aliphatic rings. The van der Waals surface area contributed by atoms with E-state index >= 15 is 0 Å². The van der Waals surface area contributed by atoms with Gasteiger partial charge in [0.05, 0.1) is 0 Å². The fraction of sp³-hybridized carbons (Fsp3) is 0.538. The molecule has 0 N–H and O–H groups in total. The molecule has 1 aromatic rings. The van der Waals surface area contributed by atoms with Crippen molar-refractivity contribution in [2.45, 2.75) is 41.0 Å². The van der Waals surface area contributed by atoms with Crippen LogP contribution in [0, 0.1) is 19.3 Å². The maximum atomic E-state index is 12.0. The lowest BCUT2D eigenvalue weighted by atomic mass is 9.87. The predicted molar refractivity (Wildman–Crippen MR) is 62.1 cm³/mol. The summed E-state index contributed by atoms with van der Waals surface area (Å²) in [5.41, 5.74) is 2.94. The quantitative estimate of drug-likeness (QED) is 0.693. The Morgan fingerprint density at radius 2 is 1.87 bits per heavy atom. The highest BCUT2D eigenvalue weighted by atomic mass is 16.1. The SMILES string of the molecule is Cc1cncc(C(=O)CC(C)(C)C)c1C. The molecule has 2 nitrogen and oxygen atoms in total. The van der Waals surface area contributed by atoms with Gasteiger partial charge < -0.3 is 0 Å². The predicted octanol–water partition coefficient (Wildman–Crippen LogP) is 3.32. The third kappa shape index (κ3) is 3.15. The first-order valence-electron chi connectivity index (χ1n) is 5.25. The minimum absolute atomic E-state index is 0.0350. The summed E-state index contributed by atoms with van der Waals surface area (Å²) in [5.74, 6) is 0.191. The van der Waals surface area contributed by atoms with Gasteiger partial charge in [0.15, 0.2) is 5.78 Å².